The van der Waals surface area contributed by atoms with Gasteiger partial charge in [0.2, 0.25) is 5.91 Å². The molecule has 120 valence electrons. The smallest absolute Gasteiger partial charge is 0.224 e. The number of halogens is 1. The van der Waals surface area contributed by atoms with Gasteiger partial charge in [-0.25, -0.2) is 4.39 Å². The Kier molecular flexibility index (Phi) is 4.72. The zero-order valence-corrected chi connectivity index (χ0v) is 13.0. The number of carbonyl (C=O) groups is 1. The summed E-state index contributed by atoms with van der Waals surface area (Å²) in [4.78, 5) is 14.3. The van der Waals surface area contributed by atoms with E-state index in [9.17, 15) is 9.18 Å². The molecule has 1 atom stereocenters. The molecule has 0 saturated carbocycles. The maximum atomic E-state index is 13.7. The minimum Gasteiger partial charge on any atom is -0.338 e. The van der Waals surface area contributed by atoms with Crippen molar-refractivity contribution >= 4 is 5.91 Å². The van der Waals surface area contributed by atoms with Crippen LogP contribution in [0.1, 0.15) is 23.1 Å². The van der Waals surface area contributed by atoms with E-state index in [1.54, 1.807) is 18.2 Å². The quantitative estimate of drug-likeness (QED) is 0.943. The SMILES string of the molecule is NC(CC(=O)N1CCc2ccccc2C1)Cc1ccccc1F. The van der Waals surface area contributed by atoms with Gasteiger partial charge in [0.25, 0.3) is 0 Å². The van der Waals surface area contributed by atoms with Crippen LogP contribution in [0.3, 0.4) is 0 Å². The van der Waals surface area contributed by atoms with E-state index >= 15 is 0 Å². The standard InChI is InChI=1S/C19H21FN2O/c20-18-8-4-3-6-15(18)11-17(21)12-19(23)22-10-9-14-5-1-2-7-16(14)13-22/h1-8,17H,9-13,21H2. The largest absolute Gasteiger partial charge is 0.338 e. The van der Waals surface area contributed by atoms with Gasteiger partial charge in [-0.1, -0.05) is 42.5 Å². The molecule has 1 unspecified atom stereocenters. The molecule has 0 fully saturated rings. The number of fused-ring (bicyclic) bond motifs is 1. The van der Waals surface area contributed by atoms with Crippen LogP contribution < -0.4 is 5.73 Å². The molecule has 0 bridgehead atoms. The summed E-state index contributed by atoms with van der Waals surface area (Å²) in [6.45, 7) is 1.36. The summed E-state index contributed by atoms with van der Waals surface area (Å²) < 4.78 is 13.7. The van der Waals surface area contributed by atoms with Crippen LogP contribution in [-0.2, 0) is 24.2 Å². The fourth-order valence-corrected chi connectivity index (χ4v) is 3.08. The molecule has 0 spiro atoms. The average Bonchev–Trinajstić information content (AvgIpc) is 2.56. The van der Waals surface area contributed by atoms with Crippen LogP contribution in [0.15, 0.2) is 48.5 Å². The molecule has 0 radical (unpaired) electrons. The Balaban J connectivity index is 1.58. The van der Waals surface area contributed by atoms with Crippen LogP contribution in [0.5, 0.6) is 0 Å². The zero-order chi connectivity index (χ0) is 16.2. The number of nitrogens with zero attached hydrogens (tertiary/aromatic N) is 1. The molecule has 1 aliphatic rings. The molecule has 0 saturated heterocycles. The summed E-state index contributed by atoms with van der Waals surface area (Å²) in [5, 5.41) is 0. The van der Waals surface area contributed by atoms with Crippen molar-refractivity contribution in [2.24, 2.45) is 5.73 Å². The highest BCUT2D eigenvalue weighted by Crippen LogP contribution is 2.19. The van der Waals surface area contributed by atoms with E-state index in [1.165, 1.54) is 17.2 Å². The van der Waals surface area contributed by atoms with Crippen molar-refractivity contribution < 1.29 is 9.18 Å². The van der Waals surface area contributed by atoms with E-state index in [-0.39, 0.29) is 24.2 Å². The molecule has 1 heterocycles. The third kappa shape index (κ3) is 3.77. The number of hydrogen-bond donors (Lipinski definition) is 1. The Bertz CT molecular complexity index is 701. The molecule has 2 N–H and O–H groups in total. The summed E-state index contributed by atoms with van der Waals surface area (Å²) in [6.07, 6.45) is 1.50. The van der Waals surface area contributed by atoms with Gasteiger partial charge < -0.3 is 10.6 Å². The Morgan fingerprint density at radius 1 is 1.13 bits per heavy atom. The Hall–Kier alpha value is -2.20. The first-order chi connectivity index (χ1) is 11.1. The lowest BCUT2D eigenvalue weighted by Crippen LogP contribution is -2.39. The second-order valence-corrected chi connectivity index (χ2v) is 6.09. The molecule has 3 nitrogen and oxygen atoms in total. The van der Waals surface area contributed by atoms with Gasteiger partial charge in [-0.15, -0.1) is 0 Å². The van der Waals surface area contributed by atoms with E-state index in [1.807, 2.05) is 17.0 Å². The van der Waals surface area contributed by atoms with Crippen molar-refractivity contribution in [3.63, 3.8) is 0 Å². The Morgan fingerprint density at radius 3 is 2.61 bits per heavy atom. The minimum absolute atomic E-state index is 0.0448. The molecule has 23 heavy (non-hydrogen) atoms. The van der Waals surface area contributed by atoms with E-state index < -0.39 is 0 Å². The molecule has 0 aromatic heterocycles. The predicted molar refractivity (Wildman–Crippen MR) is 88.3 cm³/mol. The van der Waals surface area contributed by atoms with Crippen LogP contribution in [0, 0.1) is 5.82 Å². The molecule has 3 rings (SSSR count). The summed E-state index contributed by atoms with van der Waals surface area (Å²) in [6, 6.07) is 14.4. The van der Waals surface area contributed by atoms with Gasteiger partial charge in [-0.3, -0.25) is 4.79 Å². The van der Waals surface area contributed by atoms with Gasteiger partial charge in [-0.2, -0.15) is 0 Å². The topological polar surface area (TPSA) is 46.3 Å². The van der Waals surface area contributed by atoms with Crippen molar-refractivity contribution in [2.45, 2.75) is 31.8 Å². The number of rotatable bonds is 4. The van der Waals surface area contributed by atoms with Gasteiger partial charge in [0.1, 0.15) is 5.82 Å². The maximum Gasteiger partial charge on any atom is 0.224 e. The summed E-state index contributed by atoms with van der Waals surface area (Å²) >= 11 is 0. The van der Waals surface area contributed by atoms with Crippen molar-refractivity contribution in [3.8, 4) is 0 Å². The first-order valence-corrected chi connectivity index (χ1v) is 7.97. The highest BCUT2D eigenvalue weighted by molar-refractivity contribution is 5.77. The van der Waals surface area contributed by atoms with Crippen LogP contribution in [0.4, 0.5) is 4.39 Å². The van der Waals surface area contributed by atoms with Crippen LogP contribution in [-0.4, -0.2) is 23.4 Å². The van der Waals surface area contributed by atoms with E-state index in [2.05, 4.69) is 12.1 Å². The lowest BCUT2D eigenvalue weighted by atomic mass is 9.98. The van der Waals surface area contributed by atoms with Gasteiger partial charge in [0.15, 0.2) is 0 Å². The van der Waals surface area contributed by atoms with E-state index in [4.69, 9.17) is 5.73 Å². The molecular formula is C19H21FN2O. The lowest BCUT2D eigenvalue weighted by Gasteiger charge is -2.29. The first-order valence-electron chi connectivity index (χ1n) is 7.97. The third-order valence-electron chi connectivity index (χ3n) is 4.36. The summed E-state index contributed by atoms with van der Waals surface area (Å²) in [5.74, 6) is -0.217. The van der Waals surface area contributed by atoms with Crippen molar-refractivity contribution in [2.75, 3.05) is 6.54 Å². The molecule has 2 aromatic rings. The highest BCUT2D eigenvalue weighted by Gasteiger charge is 2.22. The predicted octanol–water partition coefficient (Wildman–Crippen LogP) is 2.67. The van der Waals surface area contributed by atoms with E-state index in [0.29, 0.717) is 18.5 Å². The maximum absolute atomic E-state index is 13.7. The molecular weight excluding hydrogens is 291 g/mol. The monoisotopic (exact) mass is 312 g/mol. The van der Waals surface area contributed by atoms with Gasteiger partial charge in [0.05, 0.1) is 0 Å². The fraction of sp³-hybridized carbons (Fsp3) is 0.316. The summed E-state index contributed by atoms with van der Waals surface area (Å²) in [7, 11) is 0. The Morgan fingerprint density at radius 2 is 1.83 bits per heavy atom. The summed E-state index contributed by atoms with van der Waals surface area (Å²) in [5.41, 5.74) is 9.14. The Labute approximate surface area is 135 Å². The van der Waals surface area contributed by atoms with Gasteiger partial charge >= 0.3 is 0 Å². The molecule has 0 aliphatic carbocycles. The second-order valence-electron chi connectivity index (χ2n) is 6.09. The first kappa shape index (κ1) is 15.7. The molecule has 1 aliphatic heterocycles. The zero-order valence-electron chi connectivity index (χ0n) is 13.0. The molecule has 1 amide bonds. The number of benzene rings is 2. The second kappa shape index (κ2) is 6.92. The van der Waals surface area contributed by atoms with Crippen molar-refractivity contribution in [3.05, 3.63) is 71.0 Å². The normalized spacial score (nSPS) is 15.1. The highest BCUT2D eigenvalue weighted by atomic mass is 19.1. The molecule has 4 heteroatoms. The molecule has 2 aromatic carbocycles. The van der Waals surface area contributed by atoms with Crippen LogP contribution in [0.25, 0.3) is 0 Å². The fourth-order valence-electron chi connectivity index (χ4n) is 3.08. The third-order valence-corrected chi connectivity index (χ3v) is 4.36. The number of hydrogen-bond acceptors (Lipinski definition) is 2. The van der Waals surface area contributed by atoms with Gasteiger partial charge in [0, 0.05) is 25.6 Å². The van der Waals surface area contributed by atoms with E-state index in [0.717, 1.165) is 13.0 Å². The minimum atomic E-state index is -0.364. The van der Waals surface area contributed by atoms with Crippen LogP contribution >= 0.6 is 0 Å². The lowest BCUT2D eigenvalue weighted by molar-refractivity contribution is -0.132. The van der Waals surface area contributed by atoms with Crippen molar-refractivity contribution in [1.82, 2.24) is 4.90 Å². The number of amides is 1. The average molecular weight is 312 g/mol. The van der Waals surface area contributed by atoms with Crippen LogP contribution in [0.2, 0.25) is 0 Å². The number of nitrogens with two attached hydrogens (primary N) is 1. The number of carbonyl (C=O) groups excluding carboxylic acids is 1. The van der Waals surface area contributed by atoms with Crippen molar-refractivity contribution in [1.29, 1.82) is 0 Å². The van der Waals surface area contributed by atoms with Gasteiger partial charge in [-0.05, 0) is 35.6 Å².